The summed E-state index contributed by atoms with van der Waals surface area (Å²) in [6.07, 6.45) is 2.17. The molecule has 1 fully saturated rings. The zero-order valence-electron chi connectivity index (χ0n) is 14.7. The Morgan fingerprint density at radius 2 is 2.04 bits per heavy atom. The zero-order valence-corrected chi connectivity index (χ0v) is 14.7. The van der Waals surface area contributed by atoms with Gasteiger partial charge < -0.3 is 18.9 Å². The van der Waals surface area contributed by atoms with Crippen LogP contribution in [-0.2, 0) is 6.61 Å². The van der Waals surface area contributed by atoms with Crippen LogP contribution in [0.5, 0.6) is 5.75 Å². The minimum atomic E-state index is 0.247. The Morgan fingerprint density at radius 3 is 2.77 bits per heavy atom. The number of nitrogens with one attached hydrogen (secondary N) is 1. The summed E-state index contributed by atoms with van der Waals surface area (Å²) in [7, 11) is 0. The highest BCUT2D eigenvalue weighted by Gasteiger charge is 2.25. The smallest absolute Gasteiger partial charge is 0.266 e. The second-order valence-electron chi connectivity index (χ2n) is 6.53. The highest BCUT2D eigenvalue weighted by atomic mass is 16.5. The van der Waals surface area contributed by atoms with E-state index in [4.69, 9.17) is 13.6 Å². The molecule has 132 valence electrons. The minimum absolute atomic E-state index is 0.247. The molecule has 0 aliphatic heterocycles. The molecule has 4 rings (SSSR count). The predicted molar refractivity (Wildman–Crippen MR) is 95.8 cm³/mol. The van der Waals surface area contributed by atoms with Crippen molar-refractivity contribution in [3.8, 4) is 23.5 Å². The van der Waals surface area contributed by atoms with E-state index in [9.17, 15) is 5.26 Å². The van der Waals surface area contributed by atoms with Crippen LogP contribution in [0.25, 0.3) is 11.7 Å². The average molecular weight is 349 g/mol. The lowest BCUT2D eigenvalue weighted by Gasteiger charge is -2.06. The van der Waals surface area contributed by atoms with E-state index in [-0.39, 0.29) is 5.69 Å². The highest BCUT2D eigenvalue weighted by molar-refractivity contribution is 5.55. The number of oxazole rings is 1. The molecule has 1 saturated carbocycles. The van der Waals surface area contributed by atoms with Gasteiger partial charge in [0.05, 0.1) is 0 Å². The number of aryl methyl sites for hydroxylation is 2. The van der Waals surface area contributed by atoms with E-state index in [1.165, 1.54) is 11.1 Å². The Labute approximate surface area is 151 Å². The summed E-state index contributed by atoms with van der Waals surface area (Å²) >= 11 is 0. The molecule has 0 spiro atoms. The van der Waals surface area contributed by atoms with Crippen LogP contribution in [0.2, 0.25) is 0 Å². The van der Waals surface area contributed by atoms with E-state index in [1.54, 1.807) is 6.07 Å². The lowest BCUT2D eigenvalue weighted by molar-refractivity contribution is 0.271. The lowest BCUT2D eigenvalue weighted by atomic mass is 10.1. The number of furan rings is 1. The van der Waals surface area contributed by atoms with Crippen molar-refractivity contribution in [1.82, 2.24) is 4.98 Å². The topological polar surface area (TPSA) is 84.2 Å². The zero-order chi connectivity index (χ0) is 18.1. The van der Waals surface area contributed by atoms with Crippen molar-refractivity contribution >= 4 is 5.88 Å². The number of nitrogens with zero attached hydrogens (tertiary/aromatic N) is 2. The van der Waals surface area contributed by atoms with Gasteiger partial charge in [-0.15, -0.1) is 0 Å². The first-order chi connectivity index (χ1) is 12.6. The number of aromatic nitrogens is 1. The van der Waals surface area contributed by atoms with Crippen LogP contribution in [0.4, 0.5) is 5.88 Å². The molecule has 0 saturated heterocycles. The molecule has 1 aliphatic carbocycles. The average Bonchev–Trinajstić information content (AvgIpc) is 3.17. The molecule has 0 atom stereocenters. The monoisotopic (exact) mass is 349 g/mol. The third-order valence-electron chi connectivity index (χ3n) is 4.38. The van der Waals surface area contributed by atoms with Crippen molar-refractivity contribution in [2.24, 2.45) is 0 Å². The third-order valence-corrected chi connectivity index (χ3v) is 4.38. The van der Waals surface area contributed by atoms with Crippen molar-refractivity contribution in [3.63, 3.8) is 0 Å². The normalized spacial score (nSPS) is 13.4. The van der Waals surface area contributed by atoms with E-state index < -0.39 is 0 Å². The number of hydrogen-bond donors (Lipinski definition) is 1. The first kappa shape index (κ1) is 16.3. The summed E-state index contributed by atoms with van der Waals surface area (Å²) in [5, 5.41) is 12.4. The summed E-state index contributed by atoms with van der Waals surface area (Å²) < 4.78 is 17.2. The van der Waals surface area contributed by atoms with Crippen LogP contribution in [-0.4, -0.2) is 11.0 Å². The van der Waals surface area contributed by atoms with Crippen LogP contribution in [0.3, 0.4) is 0 Å². The molecule has 6 heteroatoms. The van der Waals surface area contributed by atoms with Crippen LogP contribution in [0, 0.1) is 25.2 Å². The van der Waals surface area contributed by atoms with Crippen molar-refractivity contribution in [3.05, 3.63) is 52.9 Å². The maximum absolute atomic E-state index is 9.21. The Balaban J connectivity index is 1.46. The molecule has 0 unspecified atom stereocenters. The molecule has 0 radical (unpaired) electrons. The molecule has 26 heavy (non-hydrogen) atoms. The Morgan fingerprint density at radius 1 is 1.19 bits per heavy atom. The highest BCUT2D eigenvalue weighted by Crippen LogP contribution is 2.31. The van der Waals surface area contributed by atoms with Crippen molar-refractivity contribution < 1.29 is 13.6 Å². The van der Waals surface area contributed by atoms with E-state index in [0.29, 0.717) is 35.9 Å². The standard InChI is InChI=1S/C20H19N3O3/c1-12-3-6-15(9-13(12)2)24-11-16-7-8-18(25-16)20-23-17(10-21)19(26-20)22-14-4-5-14/h3,6-9,14,22H,4-5,11H2,1-2H3. The SMILES string of the molecule is Cc1ccc(OCc2ccc(-c3nc(C#N)c(NC4CC4)o3)o2)cc1C. The van der Waals surface area contributed by atoms with Gasteiger partial charge in [0.15, 0.2) is 5.76 Å². The van der Waals surface area contributed by atoms with Gasteiger partial charge in [-0.2, -0.15) is 10.2 Å². The lowest BCUT2D eigenvalue weighted by Crippen LogP contribution is -2.00. The first-order valence-electron chi connectivity index (χ1n) is 8.59. The van der Waals surface area contributed by atoms with E-state index in [0.717, 1.165) is 18.6 Å². The van der Waals surface area contributed by atoms with Crippen LogP contribution >= 0.6 is 0 Å². The molecule has 3 aromatic rings. The van der Waals surface area contributed by atoms with Gasteiger partial charge >= 0.3 is 0 Å². The second kappa shape index (κ2) is 6.60. The molecule has 2 aromatic heterocycles. The van der Waals surface area contributed by atoms with Gasteiger partial charge in [-0.05, 0) is 62.1 Å². The number of hydrogen-bond acceptors (Lipinski definition) is 6. The summed E-state index contributed by atoms with van der Waals surface area (Å²) in [6.45, 7) is 4.42. The fourth-order valence-electron chi connectivity index (χ4n) is 2.54. The first-order valence-corrected chi connectivity index (χ1v) is 8.59. The van der Waals surface area contributed by atoms with E-state index in [2.05, 4.69) is 24.1 Å². The Bertz CT molecular complexity index is 977. The molecule has 2 heterocycles. The van der Waals surface area contributed by atoms with E-state index in [1.807, 2.05) is 30.3 Å². The van der Waals surface area contributed by atoms with Gasteiger partial charge in [0.1, 0.15) is 24.2 Å². The number of benzene rings is 1. The van der Waals surface area contributed by atoms with E-state index >= 15 is 0 Å². The summed E-state index contributed by atoms with van der Waals surface area (Å²) in [5.74, 6) is 2.64. The molecule has 1 aliphatic rings. The maximum Gasteiger partial charge on any atom is 0.266 e. The summed E-state index contributed by atoms with van der Waals surface area (Å²) in [5.41, 5.74) is 2.66. The summed E-state index contributed by atoms with van der Waals surface area (Å²) in [6, 6.07) is 12.0. The largest absolute Gasteiger partial charge is 0.486 e. The van der Waals surface area contributed by atoms with Crippen molar-refractivity contribution in [2.45, 2.75) is 39.3 Å². The molecule has 1 aromatic carbocycles. The third kappa shape index (κ3) is 3.42. The second-order valence-corrected chi connectivity index (χ2v) is 6.53. The van der Waals surface area contributed by atoms with Gasteiger partial charge in [-0.25, -0.2) is 0 Å². The molecule has 0 bridgehead atoms. The van der Waals surface area contributed by atoms with Gasteiger partial charge in [0, 0.05) is 6.04 Å². The van der Waals surface area contributed by atoms with Crippen LogP contribution in [0.15, 0.2) is 39.2 Å². The Kier molecular flexibility index (Phi) is 4.13. The van der Waals surface area contributed by atoms with Gasteiger partial charge in [0.2, 0.25) is 11.6 Å². The molecule has 1 N–H and O–H groups in total. The molecule has 6 nitrogen and oxygen atoms in total. The van der Waals surface area contributed by atoms with Gasteiger partial charge in [-0.3, -0.25) is 0 Å². The molecular weight excluding hydrogens is 330 g/mol. The van der Waals surface area contributed by atoms with Crippen molar-refractivity contribution in [2.75, 3.05) is 5.32 Å². The van der Waals surface area contributed by atoms with Crippen molar-refractivity contribution in [1.29, 1.82) is 5.26 Å². The number of nitriles is 1. The van der Waals surface area contributed by atoms with Crippen LogP contribution in [0.1, 0.15) is 35.4 Å². The number of rotatable bonds is 6. The fourth-order valence-corrected chi connectivity index (χ4v) is 2.54. The minimum Gasteiger partial charge on any atom is -0.486 e. The number of anilines is 1. The summed E-state index contributed by atoms with van der Waals surface area (Å²) in [4.78, 5) is 4.21. The van der Waals surface area contributed by atoms with Gasteiger partial charge in [0.25, 0.3) is 5.89 Å². The quantitative estimate of drug-likeness (QED) is 0.701. The van der Waals surface area contributed by atoms with Crippen LogP contribution < -0.4 is 10.1 Å². The molecule has 0 amide bonds. The maximum atomic E-state index is 9.21. The predicted octanol–water partition coefficient (Wildman–Crippen LogP) is 4.58. The van der Waals surface area contributed by atoms with Gasteiger partial charge in [-0.1, -0.05) is 6.07 Å². The molecular formula is C20H19N3O3. The Hall–Kier alpha value is -3.20. The number of ether oxygens (including phenoxy) is 1. The fraction of sp³-hybridized carbons (Fsp3) is 0.300.